The molecule has 4 heterocycles. The number of pyridine rings is 1. The Labute approximate surface area is 131 Å². The number of aromatic nitrogens is 2. The van der Waals surface area contributed by atoms with Gasteiger partial charge in [-0.25, -0.2) is 9.37 Å². The van der Waals surface area contributed by atoms with Gasteiger partial charge in [0.05, 0.1) is 18.1 Å². The van der Waals surface area contributed by atoms with Gasteiger partial charge < -0.3 is 10.6 Å². The van der Waals surface area contributed by atoms with E-state index in [4.69, 9.17) is 0 Å². The van der Waals surface area contributed by atoms with Gasteiger partial charge in [0.1, 0.15) is 15.7 Å². The molecule has 2 fully saturated rings. The zero-order valence-electron chi connectivity index (χ0n) is 11.8. The molecule has 3 atom stereocenters. The second-order valence-corrected chi connectivity index (χ2v) is 6.79. The highest BCUT2D eigenvalue weighted by molar-refractivity contribution is 7.16. The molecule has 2 aliphatic rings. The summed E-state index contributed by atoms with van der Waals surface area (Å²) < 4.78 is 12.9. The fourth-order valence-corrected chi connectivity index (χ4v) is 4.02. The van der Waals surface area contributed by atoms with Crippen LogP contribution >= 0.6 is 11.3 Å². The van der Waals surface area contributed by atoms with Gasteiger partial charge >= 0.3 is 0 Å². The SMILES string of the molecule is O=C(N[C@@H]1C[C@H]2CC[C@@H]1N2)c1cnc(-c2ccc(F)cn2)s1. The summed E-state index contributed by atoms with van der Waals surface area (Å²) in [6.45, 7) is 0. The average molecular weight is 318 g/mol. The Hall–Kier alpha value is -1.86. The second kappa shape index (κ2) is 5.40. The molecule has 5 nitrogen and oxygen atoms in total. The fraction of sp³-hybridized carbons (Fsp3) is 0.400. The molecule has 0 aliphatic carbocycles. The van der Waals surface area contributed by atoms with Crippen LogP contribution in [-0.2, 0) is 0 Å². The Morgan fingerprint density at radius 2 is 2.23 bits per heavy atom. The van der Waals surface area contributed by atoms with E-state index in [0.717, 1.165) is 19.0 Å². The Morgan fingerprint density at radius 3 is 2.91 bits per heavy atom. The van der Waals surface area contributed by atoms with E-state index in [0.29, 0.717) is 27.7 Å². The van der Waals surface area contributed by atoms with Gasteiger partial charge in [0, 0.05) is 18.1 Å². The maximum Gasteiger partial charge on any atom is 0.263 e. The van der Waals surface area contributed by atoms with Crippen LogP contribution in [0.3, 0.4) is 0 Å². The van der Waals surface area contributed by atoms with Crippen LogP contribution in [0.5, 0.6) is 0 Å². The van der Waals surface area contributed by atoms with Crippen LogP contribution in [0.1, 0.15) is 28.9 Å². The third-order valence-electron chi connectivity index (χ3n) is 4.29. The van der Waals surface area contributed by atoms with Crippen LogP contribution in [-0.4, -0.2) is 34.0 Å². The van der Waals surface area contributed by atoms with Crippen molar-refractivity contribution in [2.75, 3.05) is 0 Å². The number of nitrogens with one attached hydrogen (secondary N) is 2. The first-order valence-electron chi connectivity index (χ1n) is 7.34. The van der Waals surface area contributed by atoms with E-state index >= 15 is 0 Å². The van der Waals surface area contributed by atoms with Crippen molar-refractivity contribution in [2.24, 2.45) is 0 Å². The number of nitrogens with zero attached hydrogens (tertiary/aromatic N) is 2. The highest BCUT2D eigenvalue weighted by Crippen LogP contribution is 2.29. The Bertz CT molecular complexity index is 702. The fourth-order valence-electron chi connectivity index (χ4n) is 3.22. The molecule has 2 N–H and O–H groups in total. The summed E-state index contributed by atoms with van der Waals surface area (Å²) in [6.07, 6.45) is 6.04. The minimum absolute atomic E-state index is 0.0924. The summed E-state index contributed by atoms with van der Waals surface area (Å²) in [6, 6.07) is 4.07. The molecule has 4 rings (SSSR count). The molecule has 114 valence electrons. The lowest BCUT2D eigenvalue weighted by atomic mass is 9.95. The van der Waals surface area contributed by atoms with Crippen molar-refractivity contribution >= 4 is 17.2 Å². The maximum atomic E-state index is 12.9. The van der Waals surface area contributed by atoms with Crippen molar-refractivity contribution < 1.29 is 9.18 Å². The first-order chi connectivity index (χ1) is 10.7. The third-order valence-corrected chi connectivity index (χ3v) is 5.31. The van der Waals surface area contributed by atoms with Crippen LogP contribution in [0.25, 0.3) is 10.7 Å². The van der Waals surface area contributed by atoms with Crippen LogP contribution in [0.15, 0.2) is 24.5 Å². The van der Waals surface area contributed by atoms with E-state index in [1.54, 1.807) is 12.3 Å². The van der Waals surface area contributed by atoms with Gasteiger partial charge in [0.15, 0.2) is 0 Å². The lowest BCUT2D eigenvalue weighted by Crippen LogP contribution is -2.42. The number of thiazole rings is 1. The van der Waals surface area contributed by atoms with E-state index < -0.39 is 0 Å². The Balaban J connectivity index is 1.46. The summed E-state index contributed by atoms with van der Waals surface area (Å²) in [5, 5.41) is 7.21. The van der Waals surface area contributed by atoms with Crippen LogP contribution in [0.4, 0.5) is 4.39 Å². The number of hydrogen-bond donors (Lipinski definition) is 2. The maximum absolute atomic E-state index is 12.9. The van der Waals surface area contributed by atoms with Gasteiger partial charge in [-0.2, -0.15) is 0 Å². The topological polar surface area (TPSA) is 66.9 Å². The molecule has 2 bridgehead atoms. The van der Waals surface area contributed by atoms with Crippen LogP contribution < -0.4 is 10.6 Å². The normalized spacial score (nSPS) is 26.3. The lowest BCUT2D eigenvalue weighted by molar-refractivity contribution is 0.0935. The van der Waals surface area contributed by atoms with Gasteiger partial charge in [0.2, 0.25) is 0 Å². The number of halogens is 1. The number of carbonyl (C=O) groups is 1. The minimum Gasteiger partial charge on any atom is -0.347 e. The lowest BCUT2D eigenvalue weighted by Gasteiger charge is -2.20. The van der Waals surface area contributed by atoms with E-state index in [9.17, 15) is 9.18 Å². The van der Waals surface area contributed by atoms with Gasteiger partial charge in [-0.05, 0) is 31.4 Å². The molecule has 0 unspecified atom stereocenters. The number of amides is 1. The van der Waals surface area contributed by atoms with Crippen molar-refractivity contribution in [1.82, 2.24) is 20.6 Å². The molecule has 2 saturated heterocycles. The average Bonchev–Trinajstić information content (AvgIpc) is 3.24. The van der Waals surface area contributed by atoms with Crippen molar-refractivity contribution in [3.8, 4) is 10.7 Å². The molecule has 22 heavy (non-hydrogen) atoms. The first kappa shape index (κ1) is 13.8. The Morgan fingerprint density at radius 1 is 1.32 bits per heavy atom. The van der Waals surface area contributed by atoms with Crippen molar-refractivity contribution in [1.29, 1.82) is 0 Å². The second-order valence-electron chi connectivity index (χ2n) is 5.75. The predicted octanol–water partition coefficient (Wildman–Crippen LogP) is 1.97. The third kappa shape index (κ3) is 2.50. The van der Waals surface area contributed by atoms with Crippen molar-refractivity contribution in [3.63, 3.8) is 0 Å². The van der Waals surface area contributed by atoms with Crippen molar-refractivity contribution in [3.05, 3.63) is 35.2 Å². The van der Waals surface area contributed by atoms with Gasteiger partial charge in [-0.15, -0.1) is 11.3 Å². The quantitative estimate of drug-likeness (QED) is 0.908. The molecule has 2 aromatic rings. The molecule has 0 radical (unpaired) electrons. The zero-order valence-corrected chi connectivity index (χ0v) is 12.6. The van der Waals surface area contributed by atoms with Crippen LogP contribution in [0.2, 0.25) is 0 Å². The smallest absolute Gasteiger partial charge is 0.263 e. The van der Waals surface area contributed by atoms with E-state index in [1.165, 1.54) is 23.8 Å². The number of carbonyl (C=O) groups excluding carboxylic acids is 1. The monoisotopic (exact) mass is 318 g/mol. The summed E-state index contributed by atoms with van der Waals surface area (Å²) in [7, 11) is 0. The largest absolute Gasteiger partial charge is 0.347 e. The van der Waals surface area contributed by atoms with Gasteiger partial charge in [0.25, 0.3) is 5.91 Å². The molecule has 0 spiro atoms. The predicted molar refractivity (Wildman–Crippen MR) is 81.1 cm³/mol. The highest BCUT2D eigenvalue weighted by atomic mass is 32.1. The summed E-state index contributed by atoms with van der Waals surface area (Å²) in [4.78, 5) is 21.1. The molecule has 0 aromatic carbocycles. The van der Waals surface area contributed by atoms with Crippen molar-refractivity contribution in [2.45, 2.75) is 37.4 Å². The zero-order chi connectivity index (χ0) is 15.1. The number of rotatable bonds is 3. The molecular weight excluding hydrogens is 303 g/mol. The van der Waals surface area contributed by atoms with E-state index in [1.807, 2.05) is 0 Å². The minimum atomic E-state index is -0.387. The van der Waals surface area contributed by atoms with E-state index in [-0.39, 0.29) is 17.8 Å². The van der Waals surface area contributed by atoms with Gasteiger partial charge in [-0.1, -0.05) is 0 Å². The molecule has 0 saturated carbocycles. The first-order valence-corrected chi connectivity index (χ1v) is 8.15. The summed E-state index contributed by atoms with van der Waals surface area (Å²) in [5.74, 6) is -0.479. The number of hydrogen-bond acceptors (Lipinski definition) is 5. The summed E-state index contributed by atoms with van der Waals surface area (Å²) in [5.41, 5.74) is 0.576. The highest BCUT2D eigenvalue weighted by Gasteiger charge is 2.39. The molecule has 2 aromatic heterocycles. The number of fused-ring (bicyclic) bond motifs is 2. The summed E-state index contributed by atoms with van der Waals surface area (Å²) >= 11 is 1.27. The molecule has 2 aliphatic heterocycles. The van der Waals surface area contributed by atoms with Gasteiger partial charge in [-0.3, -0.25) is 9.78 Å². The molecular formula is C15H15FN4OS. The standard InChI is InChI=1S/C15H15FN4OS/c16-8-1-3-11(17-6-8)15-18-7-13(22-15)14(21)20-12-5-9-2-4-10(12)19-9/h1,3,6-7,9-10,12,19H,2,4-5H2,(H,20,21)/t9-,10+,12-/m1/s1. The van der Waals surface area contributed by atoms with Crippen LogP contribution in [0, 0.1) is 5.82 Å². The molecule has 1 amide bonds. The Kier molecular flexibility index (Phi) is 3.38. The molecule has 7 heteroatoms. The van der Waals surface area contributed by atoms with E-state index in [2.05, 4.69) is 20.6 Å².